The lowest BCUT2D eigenvalue weighted by Gasteiger charge is -2.36. The summed E-state index contributed by atoms with van der Waals surface area (Å²) in [4.78, 5) is 17.0. The zero-order chi connectivity index (χ0) is 14.3. The van der Waals surface area contributed by atoms with Gasteiger partial charge in [0, 0.05) is 52.0 Å². The molecule has 3 rings (SSSR count). The molecule has 0 amide bonds. The normalized spacial score (nSPS) is 26.9. The summed E-state index contributed by atoms with van der Waals surface area (Å²) in [5.41, 5.74) is 0.653. The number of likely N-dealkylation sites (N-methyl/N-ethyl adjacent to an activating group) is 1. The lowest BCUT2D eigenvalue weighted by molar-refractivity contribution is -0.834. The minimum Gasteiger partial charge on any atom is -0.287 e. The molecular weight excluding hydrogens is 340 g/mol. The highest BCUT2D eigenvalue weighted by molar-refractivity contribution is 9.11. The van der Waals surface area contributed by atoms with Gasteiger partial charge in [-0.15, -0.1) is 0 Å². The lowest BCUT2D eigenvalue weighted by Crippen LogP contribution is -2.52. The molecule has 0 spiro atoms. The fourth-order valence-electron chi connectivity index (χ4n) is 2.78. The SMILES string of the molecule is C[N+]1(C(C(=O)c2cccnc2)C2CC2)C(Cl)=CC=C1Br. The molecule has 0 bridgehead atoms. The van der Waals surface area contributed by atoms with Crippen molar-refractivity contribution in [1.82, 2.24) is 4.98 Å². The minimum absolute atomic E-state index is 0.113. The molecular formula is C15H15BrClN2O+. The Labute approximate surface area is 131 Å². The number of ketones is 1. The van der Waals surface area contributed by atoms with E-state index in [1.807, 2.05) is 25.3 Å². The molecule has 0 saturated heterocycles. The molecule has 2 heterocycles. The van der Waals surface area contributed by atoms with E-state index in [0.29, 0.717) is 21.1 Å². The summed E-state index contributed by atoms with van der Waals surface area (Å²) in [7, 11) is 1.99. The van der Waals surface area contributed by atoms with Crippen molar-refractivity contribution in [2.45, 2.75) is 18.9 Å². The van der Waals surface area contributed by atoms with Crippen molar-refractivity contribution in [3.05, 3.63) is 52.0 Å². The summed E-state index contributed by atoms with van der Waals surface area (Å²) in [5.74, 6) is 0.496. The Kier molecular flexibility index (Phi) is 3.56. The molecule has 2 atom stereocenters. The monoisotopic (exact) mass is 353 g/mol. The first kappa shape index (κ1) is 14.0. The van der Waals surface area contributed by atoms with Crippen LogP contribution in [0.5, 0.6) is 0 Å². The van der Waals surface area contributed by atoms with Gasteiger partial charge in [-0.1, -0.05) is 0 Å². The second-order valence-corrected chi connectivity index (χ2v) is 6.64. The van der Waals surface area contributed by atoms with Gasteiger partial charge in [0.1, 0.15) is 0 Å². The Morgan fingerprint density at radius 2 is 2.25 bits per heavy atom. The molecule has 0 radical (unpaired) electrons. The zero-order valence-electron chi connectivity index (χ0n) is 11.1. The molecule has 20 heavy (non-hydrogen) atoms. The van der Waals surface area contributed by atoms with Crippen molar-refractivity contribution in [1.29, 1.82) is 0 Å². The van der Waals surface area contributed by atoms with Crippen LogP contribution in [-0.4, -0.2) is 28.3 Å². The van der Waals surface area contributed by atoms with Gasteiger partial charge >= 0.3 is 0 Å². The number of allylic oxidation sites excluding steroid dienone is 2. The van der Waals surface area contributed by atoms with Gasteiger partial charge in [-0.25, -0.2) is 4.48 Å². The van der Waals surface area contributed by atoms with Crippen LogP contribution >= 0.6 is 27.5 Å². The summed E-state index contributed by atoms with van der Waals surface area (Å²) >= 11 is 9.96. The molecule has 1 aliphatic carbocycles. The first-order chi connectivity index (χ1) is 9.55. The molecule has 104 valence electrons. The standard InChI is InChI=1S/C15H15BrClN2O/c1-19(12(16)6-7-13(19)17)14(10-4-5-10)15(20)11-3-2-8-18-9-11/h2-3,6-10,14H,4-5H2,1H3/q+1. The number of quaternary nitrogens is 1. The predicted octanol–water partition coefficient (Wildman–Crippen LogP) is 3.82. The molecule has 1 aliphatic heterocycles. The molecule has 0 aromatic carbocycles. The predicted molar refractivity (Wildman–Crippen MR) is 82.2 cm³/mol. The van der Waals surface area contributed by atoms with Crippen LogP contribution in [0.25, 0.3) is 0 Å². The van der Waals surface area contributed by atoms with Gasteiger partial charge in [-0.2, -0.15) is 0 Å². The quantitative estimate of drug-likeness (QED) is 0.467. The summed E-state index contributed by atoms with van der Waals surface area (Å²) < 4.78 is 1.26. The van der Waals surface area contributed by atoms with Crippen molar-refractivity contribution in [2.24, 2.45) is 5.92 Å². The number of halogens is 2. The summed E-state index contributed by atoms with van der Waals surface area (Å²) in [6.07, 6.45) is 9.25. The van der Waals surface area contributed by atoms with Crippen molar-refractivity contribution in [3.8, 4) is 0 Å². The number of hydrogen-bond donors (Lipinski definition) is 0. The van der Waals surface area contributed by atoms with Crippen molar-refractivity contribution < 1.29 is 9.28 Å². The fourth-order valence-corrected chi connectivity index (χ4v) is 3.68. The number of pyridine rings is 1. The van der Waals surface area contributed by atoms with Crippen molar-refractivity contribution in [2.75, 3.05) is 7.05 Å². The van der Waals surface area contributed by atoms with E-state index in [0.717, 1.165) is 17.4 Å². The molecule has 3 nitrogen and oxygen atoms in total. The van der Waals surface area contributed by atoms with Crippen LogP contribution in [0, 0.1) is 5.92 Å². The summed E-state index contributed by atoms with van der Waals surface area (Å²) in [6, 6.07) is 3.43. The average Bonchev–Trinajstić information content (AvgIpc) is 3.25. The number of nitrogens with zero attached hydrogens (tertiary/aromatic N) is 2. The molecule has 1 saturated carbocycles. The van der Waals surface area contributed by atoms with E-state index in [1.54, 1.807) is 18.5 Å². The van der Waals surface area contributed by atoms with Crippen molar-refractivity contribution in [3.63, 3.8) is 0 Å². The maximum absolute atomic E-state index is 12.9. The van der Waals surface area contributed by atoms with Gasteiger partial charge in [0.15, 0.2) is 10.6 Å². The molecule has 0 N–H and O–H groups in total. The van der Waals surface area contributed by atoms with E-state index in [4.69, 9.17) is 11.6 Å². The number of carbonyl (C=O) groups excluding carboxylic acids is 1. The third kappa shape index (κ3) is 2.16. The van der Waals surface area contributed by atoms with Crippen LogP contribution in [0.3, 0.4) is 0 Å². The minimum atomic E-state index is -0.184. The van der Waals surface area contributed by atoms with Crippen LogP contribution in [0.15, 0.2) is 46.4 Å². The Balaban J connectivity index is 2.01. The van der Waals surface area contributed by atoms with Gasteiger partial charge in [-0.3, -0.25) is 9.78 Å². The second kappa shape index (κ2) is 5.10. The number of carbonyl (C=O) groups is 1. The highest BCUT2D eigenvalue weighted by atomic mass is 79.9. The van der Waals surface area contributed by atoms with Crippen LogP contribution < -0.4 is 0 Å². The van der Waals surface area contributed by atoms with Crippen LogP contribution in [-0.2, 0) is 0 Å². The topological polar surface area (TPSA) is 30.0 Å². The zero-order valence-corrected chi connectivity index (χ0v) is 13.4. The van der Waals surface area contributed by atoms with E-state index in [9.17, 15) is 4.79 Å². The molecule has 2 aliphatic rings. The van der Waals surface area contributed by atoms with Gasteiger partial charge < -0.3 is 0 Å². The summed E-state index contributed by atoms with van der Waals surface area (Å²) in [6.45, 7) is 0. The number of Topliss-reactive ketones (excluding diaryl/α,β-unsaturated/α-hetero) is 1. The van der Waals surface area contributed by atoms with E-state index in [1.165, 1.54) is 0 Å². The van der Waals surface area contributed by atoms with Gasteiger partial charge in [0.05, 0.1) is 7.05 Å². The van der Waals surface area contributed by atoms with E-state index in [2.05, 4.69) is 20.9 Å². The maximum atomic E-state index is 12.9. The van der Waals surface area contributed by atoms with E-state index in [-0.39, 0.29) is 11.8 Å². The van der Waals surface area contributed by atoms with Gasteiger partial charge in [-0.05, 0) is 36.6 Å². The van der Waals surface area contributed by atoms with Crippen LogP contribution in [0.4, 0.5) is 0 Å². The summed E-state index contributed by atoms with van der Waals surface area (Å²) in [5, 5.41) is 0.672. The van der Waals surface area contributed by atoms with Gasteiger partial charge in [0.2, 0.25) is 10.9 Å². The van der Waals surface area contributed by atoms with Gasteiger partial charge in [0.25, 0.3) is 0 Å². The molecule has 5 heteroatoms. The van der Waals surface area contributed by atoms with Crippen LogP contribution in [0.2, 0.25) is 0 Å². The largest absolute Gasteiger partial charge is 0.287 e. The Hall–Kier alpha value is -0.970. The van der Waals surface area contributed by atoms with E-state index < -0.39 is 0 Å². The number of rotatable bonds is 4. The maximum Gasteiger partial charge on any atom is 0.222 e. The van der Waals surface area contributed by atoms with Crippen molar-refractivity contribution >= 4 is 33.3 Å². The lowest BCUT2D eigenvalue weighted by atomic mass is 9.99. The average molecular weight is 355 g/mol. The molecule has 1 aromatic rings. The first-order valence-electron chi connectivity index (χ1n) is 6.59. The van der Waals surface area contributed by atoms with E-state index >= 15 is 0 Å². The fraction of sp³-hybridized carbons (Fsp3) is 0.333. The smallest absolute Gasteiger partial charge is 0.222 e. The third-order valence-electron chi connectivity index (χ3n) is 4.09. The first-order valence-corrected chi connectivity index (χ1v) is 7.77. The second-order valence-electron chi connectivity index (χ2n) is 5.44. The Morgan fingerprint density at radius 1 is 1.50 bits per heavy atom. The number of hydrogen-bond acceptors (Lipinski definition) is 2. The molecule has 1 fully saturated rings. The number of aromatic nitrogens is 1. The third-order valence-corrected chi connectivity index (χ3v) is 5.56. The Bertz CT molecular complexity index is 590. The highest BCUT2D eigenvalue weighted by Gasteiger charge is 2.53. The van der Waals surface area contributed by atoms with Crippen LogP contribution in [0.1, 0.15) is 23.2 Å². The molecule has 1 aromatic heterocycles. The Morgan fingerprint density at radius 3 is 2.75 bits per heavy atom. The highest BCUT2D eigenvalue weighted by Crippen LogP contribution is 2.47. The molecule has 2 unspecified atom stereocenters.